The van der Waals surface area contributed by atoms with Crippen LogP contribution in [-0.4, -0.2) is 51.5 Å². The van der Waals surface area contributed by atoms with E-state index in [1.165, 1.54) is 17.0 Å². The Bertz CT molecular complexity index is 919. The zero-order valence-corrected chi connectivity index (χ0v) is 17.4. The molecule has 1 unspecified atom stereocenters. The second-order valence-corrected chi connectivity index (χ2v) is 9.48. The van der Waals surface area contributed by atoms with Crippen LogP contribution in [0, 0.1) is 5.82 Å². The summed E-state index contributed by atoms with van der Waals surface area (Å²) in [5.41, 5.74) is -0.485. The quantitative estimate of drug-likeness (QED) is 0.666. The fourth-order valence-corrected chi connectivity index (χ4v) is 5.29. The van der Waals surface area contributed by atoms with Gasteiger partial charge >= 0.3 is 0 Å². The van der Waals surface area contributed by atoms with Gasteiger partial charge in [0.15, 0.2) is 0 Å². The molecule has 166 valence electrons. The maximum Gasteiger partial charge on any atom is 0.256 e. The fourth-order valence-electron chi connectivity index (χ4n) is 5.29. The predicted molar refractivity (Wildman–Crippen MR) is 109 cm³/mol. The van der Waals surface area contributed by atoms with Crippen LogP contribution in [0.5, 0.6) is 0 Å². The van der Waals surface area contributed by atoms with E-state index < -0.39 is 29.4 Å². The molecule has 8 heteroatoms. The molecule has 0 aromatic heterocycles. The summed E-state index contributed by atoms with van der Waals surface area (Å²) >= 11 is 0. The van der Waals surface area contributed by atoms with E-state index in [4.69, 9.17) is 0 Å². The summed E-state index contributed by atoms with van der Waals surface area (Å²) in [5, 5.41) is 15.5. The van der Waals surface area contributed by atoms with Crippen LogP contribution in [0.3, 0.4) is 0 Å². The van der Waals surface area contributed by atoms with Crippen LogP contribution in [0.1, 0.15) is 79.8 Å². The number of fused-ring (bicyclic) bond motifs is 1. The molecule has 1 aromatic carbocycles. The summed E-state index contributed by atoms with van der Waals surface area (Å²) in [7, 11) is 0. The standard InChI is InChI=1S/C23H28FN3O4/c24-13-6-7-17-18(10-13)21(30)27(19(17)20(29)25-14-4-2-1-3-5-14)23(8-9-23)22(31)26-15-11-16(28)12-15/h6-7,10,14-16,19,28H,1-5,8-9,11-12H2,(H,25,29)(H,26,31). The van der Waals surface area contributed by atoms with Gasteiger partial charge in [0.1, 0.15) is 17.4 Å². The van der Waals surface area contributed by atoms with Gasteiger partial charge in [-0.1, -0.05) is 25.3 Å². The zero-order chi connectivity index (χ0) is 21.8. The number of nitrogens with one attached hydrogen (secondary N) is 2. The van der Waals surface area contributed by atoms with Crippen molar-refractivity contribution in [3.05, 3.63) is 35.1 Å². The molecule has 4 aliphatic rings. The maximum absolute atomic E-state index is 13.9. The summed E-state index contributed by atoms with van der Waals surface area (Å²) in [6.45, 7) is 0. The molecule has 3 aliphatic carbocycles. The third kappa shape index (κ3) is 3.50. The second-order valence-electron chi connectivity index (χ2n) is 9.48. The first-order valence-corrected chi connectivity index (χ1v) is 11.3. The Morgan fingerprint density at radius 2 is 1.77 bits per heavy atom. The number of carbonyl (C=O) groups excluding carboxylic acids is 3. The Labute approximate surface area is 180 Å². The van der Waals surface area contributed by atoms with E-state index in [1.54, 1.807) is 0 Å². The number of benzene rings is 1. The highest BCUT2D eigenvalue weighted by atomic mass is 19.1. The Balaban J connectivity index is 1.43. The predicted octanol–water partition coefficient (Wildman–Crippen LogP) is 1.94. The molecule has 0 spiro atoms. The van der Waals surface area contributed by atoms with Crippen molar-refractivity contribution in [2.75, 3.05) is 0 Å². The zero-order valence-electron chi connectivity index (χ0n) is 17.4. The molecule has 3 saturated carbocycles. The summed E-state index contributed by atoms with van der Waals surface area (Å²) in [6.07, 6.45) is 6.57. The van der Waals surface area contributed by atoms with Crippen LogP contribution in [0.4, 0.5) is 4.39 Å². The molecule has 3 amide bonds. The number of halogens is 1. The molecule has 1 heterocycles. The van der Waals surface area contributed by atoms with Gasteiger partial charge in [-0.25, -0.2) is 4.39 Å². The van der Waals surface area contributed by atoms with Crippen LogP contribution < -0.4 is 10.6 Å². The van der Waals surface area contributed by atoms with Crippen LogP contribution in [-0.2, 0) is 9.59 Å². The number of aliphatic hydroxyl groups excluding tert-OH is 1. The summed E-state index contributed by atoms with van der Waals surface area (Å²) in [6, 6.07) is 2.91. The molecule has 3 N–H and O–H groups in total. The molecule has 3 fully saturated rings. The highest BCUT2D eigenvalue weighted by molar-refractivity contribution is 6.08. The molecule has 0 radical (unpaired) electrons. The topological polar surface area (TPSA) is 98.7 Å². The number of rotatable bonds is 5. The van der Waals surface area contributed by atoms with Gasteiger partial charge in [-0.3, -0.25) is 14.4 Å². The molecule has 1 atom stereocenters. The Hall–Kier alpha value is -2.48. The minimum absolute atomic E-state index is 0.0585. The van der Waals surface area contributed by atoms with Crippen molar-refractivity contribution in [1.82, 2.24) is 15.5 Å². The van der Waals surface area contributed by atoms with Gasteiger partial charge < -0.3 is 20.6 Å². The second kappa shape index (κ2) is 7.58. The first kappa shape index (κ1) is 20.4. The van der Waals surface area contributed by atoms with Gasteiger partial charge in [-0.15, -0.1) is 0 Å². The van der Waals surface area contributed by atoms with Gasteiger partial charge in [0.25, 0.3) is 5.91 Å². The minimum atomic E-state index is -1.10. The lowest BCUT2D eigenvalue weighted by atomic mass is 9.89. The summed E-state index contributed by atoms with van der Waals surface area (Å²) in [4.78, 5) is 41.3. The van der Waals surface area contributed by atoms with Crippen molar-refractivity contribution in [2.45, 2.75) is 87.6 Å². The van der Waals surface area contributed by atoms with E-state index in [-0.39, 0.29) is 29.5 Å². The Kier molecular flexibility index (Phi) is 5.00. The van der Waals surface area contributed by atoms with Crippen molar-refractivity contribution < 1.29 is 23.9 Å². The molecule has 0 bridgehead atoms. The van der Waals surface area contributed by atoms with Crippen LogP contribution in [0.2, 0.25) is 0 Å². The summed E-state index contributed by atoms with van der Waals surface area (Å²) < 4.78 is 13.9. The molecule has 5 rings (SSSR count). The fraction of sp³-hybridized carbons (Fsp3) is 0.609. The smallest absolute Gasteiger partial charge is 0.256 e. The van der Waals surface area contributed by atoms with Crippen molar-refractivity contribution >= 4 is 17.7 Å². The van der Waals surface area contributed by atoms with Crippen LogP contribution in [0.15, 0.2) is 18.2 Å². The molecule has 0 saturated heterocycles. The maximum atomic E-state index is 13.9. The van der Waals surface area contributed by atoms with E-state index in [2.05, 4.69) is 10.6 Å². The van der Waals surface area contributed by atoms with E-state index in [0.717, 1.165) is 38.2 Å². The lowest BCUT2D eigenvalue weighted by Crippen LogP contribution is -2.57. The van der Waals surface area contributed by atoms with E-state index in [9.17, 15) is 23.9 Å². The third-order valence-electron chi connectivity index (χ3n) is 7.27. The van der Waals surface area contributed by atoms with Gasteiger partial charge in [0, 0.05) is 17.6 Å². The average Bonchev–Trinajstić information content (AvgIpc) is 3.47. The number of aliphatic hydroxyl groups is 1. The van der Waals surface area contributed by atoms with Gasteiger partial charge in [-0.2, -0.15) is 0 Å². The Morgan fingerprint density at radius 3 is 2.42 bits per heavy atom. The largest absolute Gasteiger partial charge is 0.393 e. The first-order valence-electron chi connectivity index (χ1n) is 11.3. The normalized spacial score (nSPS) is 29.2. The van der Waals surface area contributed by atoms with E-state index >= 15 is 0 Å². The van der Waals surface area contributed by atoms with Crippen molar-refractivity contribution in [3.63, 3.8) is 0 Å². The summed E-state index contributed by atoms with van der Waals surface area (Å²) in [5.74, 6) is -1.61. The molecular weight excluding hydrogens is 401 g/mol. The first-order chi connectivity index (χ1) is 14.9. The SMILES string of the molecule is O=C(NC1CCCCC1)C1c2ccc(F)cc2C(=O)N1C1(C(=O)NC2CC(O)C2)CC1. The number of carbonyl (C=O) groups is 3. The monoisotopic (exact) mass is 429 g/mol. The van der Waals surface area contributed by atoms with Crippen LogP contribution >= 0.6 is 0 Å². The number of amides is 3. The lowest BCUT2D eigenvalue weighted by molar-refractivity contribution is -0.133. The van der Waals surface area contributed by atoms with Gasteiger partial charge in [0.05, 0.1) is 6.10 Å². The van der Waals surface area contributed by atoms with Crippen molar-refractivity contribution in [3.8, 4) is 0 Å². The lowest BCUT2D eigenvalue weighted by Gasteiger charge is -2.37. The van der Waals surface area contributed by atoms with Gasteiger partial charge in [0.2, 0.25) is 11.8 Å². The number of hydrogen-bond acceptors (Lipinski definition) is 4. The Morgan fingerprint density at radius 1 is 1.06 bits per heavy atom. The molecular formula is C23H28FN3O4. The molecule has 1 aliphatic heterocycles. The molecule has 7 nitrogen and oxygen atoms in total. The number of hydrogen-bond donors (Lipinski definition) is 3. The third-order valence-corrected chi connectivity index (χ3v) is 7.27. The number of nitrogens with zero attached hydrogens (tertiary/aromatic N) is 1. The van der Waals surface area contributed by atoms with Crippen molar-refractivity contribution in [2.24, 2.45) is 0 Å². The van der Waals surface area contributed by atoms with Crippen LogP contribution in [0.25, 0.3) is 0 Å². The van der Waals surface area contributed by atoms with E-state index in [1.807, 2.05) is 0 Å². The highest BCUT2D eigenvalue weighted by Crippen LogP contribution is 2.51. The average molecular weight is 429 g/mol. The minimum Gasteiger partial charge on any atom is -0.393 e. The molecule has 31 heavy (non-hydrogen) atoms. The molecule has 1 aromatic rings. The van der Waals surface area contributed by atoms with Gasteiger partial charge in [-0.05, 0) is 56.2 Å². The van der Waals surface area contributed by atoms with E-state index in [0.29, 0.717) is 31.2 Å². The van der Waals surface area contributed by atoms with Crippen molar-refractivity contribution in [1.29, 1.82) is 0 Å². The highest BCUT2D eigenvalue weighted by Gasteiger charge is 2.62.